The molecule has 0 heterocycles. The van der Waals surface area contributed by atoms with Gasteiger partial charge in [0.2, 0.25) is 5.91 Å². The van der Waals surface area contributed by atoms with Crippen LogP contribution in [0.15, 0.2) is 0 Å². The fourth-order valence-corrected chi connectivity index (χ4v) is 0.762. The van der Waals surface area contributed by atoms with Crippen LogP contribution in [0.2, 0.25) is 0 Å². The molecule has 1 N–H and O–H groups in total. The monoisotopic (exact) mass is 207 g/mol. The fraction of sp³-hybridized carbons (Fsp3) is 0.667. The van der Waals surface area contributed by atoms with Crippen LogP contribution in [-0.2, 0) is 4.79 Å². The van der Waals surface area contributed by atoms with Gasteiger partial charge in [-0.3, -0.25) is 4.79 Å². The van der Waals surface area contributed by atoms with Crippen LogP contribution in [0.4, 0.5) is 13.2 Å². The van der Waals surface area contributed by atoms with Crippen molar-refractivity contribution >= 4 is 5.91 Å². The highest BCUT2D eigenvalue weighted by atomic mass is 19.4. The molecule has 2 nitrogen and oxygen atoms in total. The van der Waals surface area contributed by atoms with E-state index in [1.807, 2.05) is 0 Å². The first-order valence-electron chi connectivity index (χ1n) is 4.22. The molecule has 0 aromatic rings. The zero-order valence-electron chi connectivity index (χ0n) is 7.66. The highest BCUT2D eigenvalue weighted by molar-refractivity contribution is 5.75. The SMILES string of the molecule is C#CCCCNC(=O)CCC(F)(F)F. The van der Waals surface area contributed by atoms with E-state index < -0.39 is 24.9 Å². The van der Waals surface area contributed by atoms with E-state index in [4.69, 9.17) is 6.42 Å². The van der Waals surface area contributed by atoms with Crippen LogP contribution in [-0.4, -0.2) is 18.6 Å². The van der Waals surface area contributed by atoms with Gasteiger partial charge in [0.1, 0.15) is 0 Å². The van der Waals surface area contributed by atoms with Gasteiger partial charge in [0, 0.05) is 19.4 Å². The van der Waals surface area contributed by atoms with Gasteiger partial charge in [-0.2, -0.15) is 13.2 Å². The average molecular weight is 207 g/mol. The summed E-state index contributed by atoms with van der Waals surface area (Å²) in [6.45, 7) is 0.334. The summed E-state index contributed by atoms with van der Waals surface area (Å²) in [6.07, 6.45) is 0.197. The van der Waals surface area contributed by atoms with Crippen LogP contribution in [0.25, 0.3) is 0 Å². The molecule has 0 aromatic heterocycles. The Morgan fingerprint density at radius 2 is 2.07 bits per heavy atom. The first-order chi connectivity index (χ1) is 6.45. The van der Waals surface area contributed by atoms with E-state index in [0.717, 1.165) is 0 Å². The summed E-state index contributed by atoms with van der Waals surface area (Å²) in [5.41, 5.74) is 0. The highest BCUT2D eigenvalue weighted by Gasteiger charge is 2.27. The van der Waals surface area contributed by atoms with Crippen LogP contribution in [0.1, 0.15) is 25.7 Å². The number of amides is 1. The van der Waals surface area contributed by atoms with Gasteiger partial charge in [-0.1, -0.05) is 0 Å². The van der Waals surface area contributed by atoms with E-state index in [1.54, 1.807) is 0 Å². The average Bonchev–Trinajstić information content (AvgIpc) is 2.08. The Labute approximate surface area is 80.9 Å². The lowest BCUT2D eigenvalue weighted by molar-refractivity contribution is -0.144. The summed E-state index contributed by atoms with van der Waals surface area (Å²) in [5, 5.41) is 2.36. The van der Waals surface area contributed by atoms with Crippen molar-refractivity contribution < 1.29 is 18.0 Å². The minimum absolute atomic E-state index is 0.334. The molecule has 0 saturated carbocycles. The number of carbonyl (C=O) groups excluding carboxylic acids is 1. The van der Waals surface area contributed by atoms with Gasteiger partial charge in [-0.15, -0.1) is 12.3 Å². The van der Waals surface area contributed by atoms with Gasteiger partial charge in [0.25, 0.3) is 0 Å². The standard InChI is InChI=1S/C9H12F3NO/c1-2-3-4-7-13-8(14)5-6-9(10,11)12/h1H,3-7H2,(H,13,14). The summed E-state index contributed by atoms with van der Waals surface area (Å²) in [6, 6.07) is 0. The molecule has 0 radical (unpaired) electrons. The summed E-state index contributed by atoms with van der Waals surface area (Å²) >= 11 is 0. The number of unbranched alkanes of at least 4 members (excludes halogenated alkanes) is 1. The van der Waals surface area contributed by atoms with E-state index in [0.29, 0.717) is 19.4 Å². The Hall–Kier alpha value is -1.18. The second kappa shape index (κ2) is 6.30. The molecule has 0 aromatic carbocycles. The fourth-order valence-electron chi connectivity index (χ4n) is 0.762. The van der Waals surface area contributed by atoms with Crippen LogP contribution in [0, 0.1) is 12.3 Å². The Balaban J connectivity index is 3.43. The third kappa shape index (κ3) is 8.91. The Bertz CT molecular complexity index is 217. The molecule has 80 valence electrons. The number of rotatable bonds is 5. The quantitative estimate of drug-likeness (QED) is 0.541. The van der Waals surface area contributed by atoms with Gasteiger partial charge in [-0.05, 0) is 6.42 Å². The highest BCUT2D eigenvalue weighted by Crippen LogP contribution is 2.20. The van der Waals surface area contributed by atoms with Gasteiger partial charge in [0.05, 0.1) is 6.42 Å². The summed E-state index contributed by atoms with van der Waals surface area (Å²) in [5.74, 6) is 1.78. The van der Waals surface area contributed by atoms with Crippen LogP contribution < -0.4 is 5.32 Å². The van der Waals surface area contributed by atoms with Gasteiger partial charge >= 0.3 is 6.18 Å². The molecule has 0 saturated heterocycles. The maximum absolute atomic E-state index is 11.7. The van der Waals surface area contributed by atoms with Crippen molar-refractivity contribution in [3.63, 3.8) is 0 Å². The third-order valence-electron chi connectivity index (χ3n) is 1.46. The second-order valence-electron chi connectivity index (χ2n) is 2.77. The molecular weight excluding hydrogens is 195 g/mol. The lowest BCUT2D eigenvalue weighted by Gasteiger charge is -2.06. The number of hydrogen-bond acceptors (Lipinski definition) is 1. The van der Waals surface area contributed by atoms with Crippen molar-refractivity contribution in [1.29, 1.82) is 0 Å². The molecule has 1 amide bonds. The molecule has 0 fully saturated rings. The van der Waals surface area contributed by atoms with Crippen molar-refractivity contribution in [3.05, 3.63) is 0 Å². The van der Waals surface area contributed by atoms with Crippen LogP contribution >= 0.6 is 0 Å². The topological polar surface area (TPSA) is 29.1 Å². The molecule has 0 spiro atoms. The molecule has 0 bridgehead atoms. The normalized spacial score (nSPS) is 10.7. The molecule has 5 heteroatoms. The maximum atomic E-state index is 11.7. The summed E-state index contributed by atoms with van der Waals surface area (Å²) in [4.78, 5) is 10.8. The predicted molar refractivity (Wildman–Crippen MR) is 46.4 cm³/mol. The number of alkyl halides is 3. The zero-order valence-corrected chi connectivity index (χ0v) is 7.66. The number of nitrogens with one attached hydrogen (secondary N) is 1. The minimum Gasteiger partial charge on any atom is -0.356 e. The molecular formula is C9H12F3NO. The molecule has 0 aliphatic rings. The Morgan fingerprint density at radius 3 is 2.57 bits per heavy atom. The Kier molecular flexibility index (Phi) is 5.77. The molecule has 0 unspecified atom stereocenters. The minimum atomic E-state index is -4.27. The van der Waals surface area contributed by atoms with Crippen LogP contribution in [0.3, 0.4) is 0 Å². The van der Waals surface area contributed by atoms with E-state index >= 15 is 0 Å². The molecule has 0 aliphatic carbocycles. The van der Waals surface area contributed by atoms with Crippen molar-refractivity contribution in [3.8, 4) is 12.3 Å². The van der Waals surface area contributed by atoms with Crippen molar-refractivity contribution in [2.75, 3.05) is 6.54 Å². The van der Waals surface area contributed by atoms with Crippen molar-refractivity contribution in [2.45, 2.75) is 31.9 Å². The summed E-state index contributed by atoms with van der Waals surface area (Å²) < 4.78 is 35.0. The smallest absolute Gasteiger partial charge is 0.356 e. The van der Waals surface area contributed by atoms with Gasteiger partial charge in [-0.25, -0.2) is 0 Å². The van der Waals surface area contributed by atoms with E-state index in [-0.39, 0.29) is 0 Å². The second-order valence-corrected chi connectivity index (χ2v) is 2.77. The zero-order chi connectivity index (χ0) is 11.0. The van der Waals surface area contributed by atoms with Crippen molar-refractivity contribution in [1.82, 2.24) is 5.32 Å². The largest absolute Gasteiger partial charge is 0.389 e. The lowest BCUT2D eigenvalue weighted by Crippen LogP contribution is -2.25. The van der Waals surface area contributed by atoms with Gasteiger partial charge < -0.3 is 5.32 Å². The molecule has 14 heavy (non-hydrogen) atoms. The number of terminal acetylenes is 1. The van der Waals surface area contributed by atoms with Crippen molar-refractivity contribution in [2.24, 2.45) is 0 Å². The first-order valence-corrected chi connectivity index (χ1v) is 4.22. The third-order valence-corrected chi connectivity index (χ3v) is 1.46. The molecule has 0 aliphatic heterocycles. The number of carbonyl (C=O) groups is 1. The van der Waals surface area contributed by atoms with E-state index in [9.17, 15) is 18.0 Å². The lowest BCUT2D eigenvalue weighted by atomic mass is 10.2. The number of hydrogen-bond donors (Lipinski definition) is 1. The molecule has 0 rings (SSSR count). The predicted octanol–water partition coefficient (Wildman–Crippen LogP) is 1.86. The van der Waals surface area contributed by atoms with Crippen LogP contribution in [0.5, 0.6) is 0 Å². The maximum Gasteiger partial charge on any atom is 0.389 e. The summed E-state index contributed by atoms with van der Waals surface area (Å²) in [7, 11) is 0. The first kappa shape index (κ1) is 12.8. The Morgan fingerprint density at radius 1 is 1.43 bits per heavy atom. The van der Waals surface area contributed by atoms with Gasteiger partial charge in [0.15, 0.2) is 0 Å². The molecule has 0 atom stereocenters. The van der Waals surface area contributed by atoms with E-state index in [2.05, 4.69) is 11.2 Å². The van der Waals surface area contributed by atoms with E-state index in [1.165, 1.54) is 0 Å². The number of halogens is 3.